The number of rotatable bonds is 2. The standard InChI is InChI=1S/C12H14F3N3S/c13-12(14,15)8-2-5-18(6-3-8)9-1-4-17-10(7-9)11(16)19/h1,4,7-8H,2-3,5-6H2,(H2,16,19). The van der Waals surface area contributed by atoms with E-state index in [1.54, 1.807) is 18.3 Å². The maximum atomic E-state index is 12.6. The van der Waals surface area contributed by atoms with Gasteiger partial charge in [0.25, 0.3) is 0 Å². The molecule has 7 heteroatoms. The zero-order chi connectivity index (χ0) is 14.0. The zero-order valence-electron chi connectivity index (χ0n) is 10.2. The van der Waals surface area contributed by atoms with Gasteiger partial charge in [0.2, 0.25) is 0 Å². The fourth-order valence-electron chi connectivity index (χ4n) is 2.22. The van der Waals surface area contributed by atoms with Crippen LogP contribution in [0.1, 0.15) is 18.5 Å². The van der Waals surface area contributed by atoms with Gasteiger partial charge in [-0.1, -0.05) is 12.2 Å². The molecule has 3 nitrogen and oxygen atoms in total. The van der Waals surface area contributed by atoms with E-state index in [1.807, 2.05) is 4.90 Å². The van der Waals surface area contributed by atoms with Gasteiger partial charge in [-0.25, -0.2) is 0 Å². The van der Waals surface area contributed by atoms with Gasteiger partial charge >= 0.3 is 6.18 Å². The SMILES string of the molecule is NC(=S)c1cc(N2CCC(C(F)(F)F)CC2)ccn1. The lowest BCUT2D eigenvalue weighted by Crippen LogP contribution is -2.39. The van der Waals surface area contributed by atoms with E-state index in [0.717, 1.165) is 5.69 Å². The molecule has 0 atom stereocenters. The third-order valence-corrected chi connectivity index (χ3v) is 3.53. The van der Waals surface area contributed by atoms with Gasteiger partial charge in [-0.15, -0.1) is 0 Å². The molecule has 1 aliphatic heterocycles. The van der Waals surface area contributed by atoms with Crippen molar-refractivity contribution in [1.29, 1.82) is 0 Å². The van der Waals surface area contributed by atoms with Crippen LogP contribution in [0.5, 0.6) is 0 Å². The zero-order valence-corrected chi connectivity index (χ0v) is 11.0. The van der Waals surface area contributed by atoms with Crippen molar-refractivity contribution < 1.29 is 13.2 Å². The van der Waals surface area contributed by atoms with Crippen molar-refractivity contribution in [2.24, 2.45) is 11.7 Å². The molecule has 104 valence electrons. The normalized spacial score (nSPS) is 17.5. The highest BCUT2D eigenvalue weighted by molar-refractivity contribution is 7.80. The quantitative estimate of drug-likeness (QED) is 0.849. The molecule has 2 heterocycles. The second-order valence-corrected chi connectivity index (χ2v) is 5.01. The Balaban J connectivity index is 2.05. The summed E-state index contributed by atoms with van der Waals surface area (Å²) in [4.78, 5) is 6.11. The number of piperidine rings is 1. The molecule has 0 aromatic carbocycles. The third-order valence-electron chi connectivity index (χ3n) is 3.32. The van der Waals surface area contributed by atoms with Gasteiger partial charge < -0.3 is 10.6 Å². The number of alkyl halides is 3. The van der Waals surface area contributed by atoms with Crippen LogP contribution in [-0.2, 0) is 0 Å². The van der Waals surface area contributed by atoms with Crippen molar-refractivity contribution in [2.75, 3.05) is 18.0 Å². The van der Waals surface area contributed by atoms with E-state index >= 15 is 0 Å². The highest BCUT2D eigenvalue weighted by atomic mass is 32.1. The van der Waals surface area contributed by atoms with E-state index in [9.17, 15) is 13.2 Å². The van der Waals surface area contributed by atoms with E-state index < -0.39 is 12.1 Å². The average molecular weight is 289 g/mol. The molecule has 2 N–H and O–H groups in total. The third kappa shape index (κ3) is 3.34. The number of hydrogen-bond donors (Lipinski definition) is 1. The molecule has 0 aliphatic carbocycles. The Kier molecular flexibility index (Phi) is 3.93. The van der Waals surface area contributed by atoms with Crippen molar-refractivity contribution in [3.63, 3.8) is 0 Å². The molecule has 0 bridgehead atoms. The van der Waals surface area contributed by atoms with Crippen molar-refractivity contribution in [2.45, 2.75) is 19.0 Å². The van der Waals surface area contributed by atoms with E-state index in [1.165, 1.54) is 0 Å². The Labute approximate surface area is 114 Å². The summed E-state index contributed by atoms with van der Waals surface area (Å²) < 4.78 is 37.7. The van der Waals surface area contributed by atoms with Crippen LogP contribution in [0.4, 0.5) is 18.9 Å². The van der Waals surface area contributed by atoms with Crippen LogP contribution in [0.2, 0.25) is 0 Å². The predicted molar refractivity (Wildman–Crippen MR) is 71.1 cm³/mol. The predicted octanol–water partition coefficient (Wildman–Crippen LogP) is 2.49. The number of nitrogens with zero attached hydrogens (tertiary/aromatic N) is 2. The van der Waals surface area contributed by atoms with Crippen LogP contribution < -0.4 is 10.6 Å². The average Bonchev–Trinajstić information content (AvgIpc) is 2.38. The van der Waals surface area contributed by atoms with Crippen LogP contribution in [-0.4, -0.2) is 29.2 Å². The number of aromatic nitrogens is 1. The molecular formula is C12H14F3N3S. The summed E-state index contributed by atoms with van der Waals surface area (Å²) >= 11 is 4.84. The Bertz CT molecular complexity index is 468. The fourth-order valence-corrected chi connectivity index (χ4v) is 2.33. The molecule has 0 saturated carbocycles. The number of anilines is 1. The molecule has 1 aromatic rings. The van der Waals surface area contributed by atoms with E-state index in [2.05, 4.69) is 4.98 Å². The van der Waals surface area contributed by atoms with Crippen LogP contribution in [0.25, 0.3) is 0 Å². The number of thiocarbonyl (C=S) groups is 1. The van der Waals surface area contributed by atoms with Crippen LogP contribution in [0.15, 0.2) is 18.3 Å². The number of nitrogens with two attached hydrogens (primary N) is 1. The van der Waals surface area contributed by atoms with Gasteiger partial charge in [-0.05, 0) is 25.0 Å². The van der Waals surface area contributed by atoms with Gasteiger partial charge in [0.05, 0.1) is 11.6 Å². The molecule has 0 spiro atoms. The lowest BCUT2D eigenvalue weighted by Gasteiger charge is -2.34. The maximum Gasteiger partial charge on any atom is 0.391 e. The number of pyridine rings is 1. The summed E-state index contributed by atoms with van der Waals surface area (Å²) in [6.45, 7) is 0.760. The molecule has 1 aliphatic rings. The first-order chi connectivity index (χ1) is 8.88. The number of hydrogen-bond acceptors (Lipinski definition) is 3. The Morgan fingerprint density at radius 1 is 1.37 bits per heavy atom. The minimum Gasteiger partial charge on any atom is -0.388 e. The smallest absolute Gasteiger partial charge is 0.388 e. The molecule has 1 fully saturated rings. The minimum atomic E-state index is -4.09. The molecule has 2 rings (SSSR count). The summed E-state index contributed by atoms with van der Waals surface area (Å²) in [5.41, 5.74) is 6.80. The first-order valence-corrected chi connectivity index (χ1v) is 6.36. The van der Waals surface area contributed by atoms with Gasteiger partial charge in [0, 0.05) is 25.0 Å². The lowest BCUT2D eigenvalue weighted by atomic mass is 9.96. The first-order valence-electron chi connectivity index (χ1n) is 5.95. The van der Waals surface area contributed by atoms with Gasteiger partial charge in [-0.3, -0.25) is 4.98 Å². The van der Waals surface area contributed by atoms with Gasteiger partial charge in [0.1, 0.15) is 4.99 Å². The molecule has 1 saturated heterocycles. The second kappa shape index (κ2) is 5.32. The van der Waals surface area contributed by atoms with Crippen molar-refractivity contribution >= 4 is 22.9 Å². The van der Waals surface area contributed by atoms with Crippen LogP contribution >= 0.6 is 12.2 Å². The largest absolute Gasteiger partial charge is 0.391 e. The van der Waals surface area contributed by atoms with E-state index in [-0.39, 0.29) is 17.8 Å². The van der Waals surface area contributed by atoms with Gasteiger partial charge in [-0.2, -0.15) is 13.2 Å². The Hall–Kier alpha value is -1.37. The molecule has 0 radical (unpaired) electrons. The van der Waals surface area contributed by atoms with E-state index in [4.69, 9.17) is 18.0 Å². The molecule has 19 heavy (non-hydrogen) atoms. The summed E-state index contributed by atoms with van der Waals surface area (Å²) in [7, 11) is 0. The Morgan fingerprint density at radius 3 is 2.53 bits per heavy atom. The highest BCUT2D eigenvalue weighted by Crippen LogP contribution is 2.35. The lowest BCUT2D eigenvalue weighted by molar-refractivity contribution is -0.179. The monoisotopic (exact) mass is 289 g/mol. The molecule has 1 aromatic heterocycles. The first kappa shape index (κ1) is 14.0. The number of halogens is 3. The summed E-state index contributed by atoms with van der Waals surface area (Å²) in [5, 5.41) is 0. The summed E-state index contributed by atoms with van der Waals surface area (Å²) in [5.74, 6) is -1.19. The summed E-state index contributed by atoms with van der Waals surface area (Å²) in [6, 6.07) is 3.48. The molecule has 0 unspecified atom stereocenters. The fraction of sp³-hybridized carbons (Fsp3) is 0.500. The second-order valence-electron chi connectivity index (χ2n) is 4.57. The van der Waals surface area contributed by atoms with Crippen LogP contribution in [0, 0.1) is 5.92 Å². The molecule has 0 amide bonds. The van der Waals surface area contributed by atoms with E-state index in [0.29, 0.717) is 18.8 Å². The topological polar surface area (TPSA) is 42.1 Å². The van der Waals surface area contributed by atoms with Crippen LogP contribution in [0.3, 0.4) is 0 Å². The maximum absolute atomic E-state index is 12.6. The van der Waals surface area contributed by atoms with Crippen molar-refractivity contribution in [1.82, 2.24) is 4.98 Å². The molecular weight excluding hydrogens is 275 g/mol. The highest BCUT2D eigenvalue weighted by Gasteiger charge is 2.41. The van der Waals surface area contributed by atoms with Crippen molar-refractivity contribution in [3.05, 3.63) is 24.0 Å². The summed E-state index contributed by atoms with van der Waals surface area (Å²) in [6.07, 6.45) is -2.28. The minimum absolute atomic E-state index is 0.119. The van der Waals surface area contributed by atoms with Gasteiger partial charge in [0.15, 0.2) is 0 Å². The van der Waals surface area contributed by atoms with Crippen molar-refractivity contribution in [3.8, 4) is 0 Å². The Morgan fingerprint density at radius 2 is 2.00 bits per heavy atom.